The number of allylic oxidation sites excluding steroid dienone is 1. The van der Waals surface area contributed by atoms with Crippen molar-refractivity contribution in [2.75, 3.05) is 0 Å². The molecule has 0 aliphatic carbocycles. The van der Waals surface area contributed by atoms with E-state index in [-0.39, 0.29) is 0 Å². The van der Waals surface area contributed by atoms with Gasteiger partial charge in [-0.1, -0.05) is 37.1 Å². The Kier molecular flexibility index (Phi) is 5.27. The van der Waals surface area contributed by atoms with Gasteiger partial charge in [0, 0.05) is 24.0 Å². The summed E-state index contributed by atoms with van der Waals surface area (Å²) in [6, 6.07) is 6.78. The Morgan fingerprint density at radius 2 is 1.67 bits per heavy atom. The predicted octanol–water partition coefficient (Wildman–Crippen LogP) is 6.42. The maximum absolute atomic E-state index is 5.06. The molecule has 30 heavy (non-hydrogen) atoms. The third-order valence-electron chi connectivity index (χ3n) is 6.07. The van der Waals surface area contributed by atoms with Crippen LogP contribution < -0.4 is 0 Å². The molecule has 0 N–H and O–H groups in total. The number of hydrogen-bond donors (Lipinski definition) is 0. The normalized spacial score (nSPS) is 11.7. The second-order valence-corrected chi connectivity index (χ2v) is 8.54. The molecule has 0 saturated carbocycles. The molecule has 1 aromatic carbocycles. The molecule has 156 valence electrons. The maximum Gasteiger partial charge on any atom is 0.165 e. The zero-order chi connectivity index (χ0) is 21.6. The molecule has 0 fully saturated rings. The van der Waals surface area contributed by atoms with Crippen LogP contribution in [0.2, 0.25) is 0 Å². The van der Waals surface area contributed by atoms with Gasteiger partial charge in [0.25, 0.3) is 0 Å². The first kappa shape index (κ1) is 20.4. The van der Waals surface area contributed by atoms with E-state index in [1.165, 1.54) is 33.3 Å². The summed E-state index contributed by atoms with van der Waals surface area (Å²) in [7, 11) is 0. The minimum Gasteiger partial charge on any atom is -0.329 e. The van der Waals surface area contributed by atoms with Crippen LogP contribution in [-0.2, 0) is 13.0 Å². The molecule has 0 aliphatic rings. The van der Waals surface area contributed by atoms with Gasteiger partial charge in [0.2, 0.25) is 0 Å². The quantitative estimate of drug-likeness (QED) is 0.350. The Morgan fingerprint density at radius 1 is 0.967 bits per heavy atom. The van der Waals surface area contributed by atoms with E-state index in [9.17, 15) is 0 Å². The lowest BCUT2D eigenvalue weighted by molar-refractivity contribution is 0.623. The molecule has 4 aromatic rings. The van der Waals surface area contributed by atoms with E-state index < -0.39 is 0 Å². The Labute approximate surface area is 179 Å². The number of fused-ring (bicyclic) bond motifs is 3. The number of rotatable bonds is 6. The van der Waals surface area contributed by atoms with E-state index in [0.29, 0.717) is 0 Å². The van der Waals surface area contributed by atoms with Crippen LogP contribution in [0.5, 0.6) is 0 Å². The molecule has 4 heteroatoms. The van der Waals surface area contributed by atoms with Crippen molar-refractivity contribution >= 4 is 16.7 Å². The molecular formula is C26H32N4. The first-order valence-corrected chi connectivity index (χ1v) is 10.9. The minimum absolute atomic E-state index is 0.850. The fraction of sp³-hybridized carbons (Fsp3) is 0.385. The molecule has 4 rings (SSSR count). The van der Waals surface area contributed by atoms with Crippen molar-refractivity contribution in [2.45, 2.75) is 67.3 Å². The number of nitrogens with zero attached hydrogens (tertiary/aromatic N) is 4. The van der Waals surface area contributed by atoms with Crippen LogP contribution in [0.25, 0.3) is 27.8 Å². The van der Waals surface area contributed by atoms with Crippen LogP contribution in [0.4, 0.5) is 0 Å². The van der Waals surface area contributed by atoms with Crippen LogP contribution in [0.15, 0.2) is 30.9 Å². The summed E-state index contributed by atoms with van der Waals surface area (Å²) < 4.78 is 4.50. The number of aryl methyl sites for hydroxylation is 6. The van der Waals surface area contributed by atoms with Crippen molar-refractivity contribution in [1.29, 1.82) is 0 Å². The van der Waals surface area contributed by atoms with E-state index in [0.717, 1.165) is 54.1 Å². The largest absolute Gasteiger partial charge is 0.329 e. The maximum atomic E-state index is 5.06. The van der Waals surface area contributed by atoms with Crippen molar-refractivity contribution in [2.24, 2.45) is 0 Å². The standard InChI is InChI=1S/C26H32N4/c1-8-10-12-29-21(11-9-2)15-22-19(6)27-25-24(20(7)28-30(25)26(22)29)23-17(4)13-16(3)14-18(23)5/h9,13-15H,2,8,10-12H2,1,3-7H3. The van der Waals surface area contributed by atoms with Gasteiger partial charge in [-0.25, -0.2) is 4.98 Å². The lowest BCUT2D eigenvalue weighted by Gasteiger charge is -2.12. The average Bonchev–Trinajstić information content (AvgIpc) is 3.18. The zero-order valence-electron chi connectivity index (χ0n) is 19.1. The van der Waals surface area contributed by atoms with Crippen molar-refractivity contribution < 1.29 is 0 Å². The number of unbranched alkanes of at least 4 members (excludes halogenated alkanes) is 1. The molecule has 0 saturated heterocycles. The second-order valence-electron chi connectivity index (χ2n) is 8.54. The summed E-state index contributed by atoms with van der Waals surface area (Å²) in [5.41, 5.74) is 11.7. The number of hydrogen-bond acceptors (Lipinski definition) is 2. The lowest BCUT2D eigenvalue weighted by Crippen LogP contribution is -2.07. The van der Waals surface area contributed by atoms with E-state index in [2.05, 4.69) is 75.4 Å². The fourth-order valence-electron chi connectivity index (χ4n) is 4.82. The van der Waals surface area contributed by atoms with Crippen LogP contribution >= 0.6 is 0 Å². The first-order chi connectivity index (χ1) is 14.4. The Hall–Kier alpha value is -2.88. The average molecular weight is 401 g/mol. The molecule has 0 amide bonds. The second kappa shape index (κ2) is 7.75. The molecule has 0 spiro atoms. The highest BCUT2D eigenvalue weighted by Crippen LogP contribution is 2.35. The van der Waals surface area contributed by atoms with Crippen molar-refractivity contribution in [3.63, 3.8) is 0 Å². The summed E-state index contributed by atoms with van der Waals surface area (Å²) in [6.45, 7) is 17.9. The van der Waals surface area contributed by atoms with Gasteiger partial charge >= 0.3 is 0 Å². The van der Waals surface area contributed by atoms with Gasteiger partial charge in [0.05, 0.1) is 17.0 Å². The topological polar surface area (TPSA) is 35.1 Å². The fourth-order valence-corrected chi connectivity index (χ4v) is 4.82. The van der Waals surface area contributed by atoms with Crippen molar-refractivity contribution in [1.82, 2.24) is 19.2 Å². The predicted molar refractivity (Wildman–Crippen MR) is 126 cm³/mol. The molecule has 0 radical (unpaired) electrons. The molecule has 4 nitrogen and oxygen atoms in total. The number of aromatic nitrogens is 4. The van der Waals surface area contributed by atoms with Crippen LogP contribution in [0, 0.1) is 34.6 Å². The molecule has 3 heterocycles. The Morgan fingerprint density at radius 3 is 2.30 bits per heavy atom. The molecule has 0 aliphatic heterocycles. The van der Waals surface area contributed by atoms with E-state index in [1.54, 1.807) is 0 Å². The zero-order valence-corrected chi connectivity index (χ0v) is 19.1. The lowest BCUT2D eigenvalue weighted by atomic mass is 9.94. The SMILES string of the molecule is C=CCc1cc2c(C)nc3c(-c4c(C)cc(C)cc4C)c(C)nn3c2n1CCCC. The van der Waals surface area contributed by atoms with Gasteiger partial charge in [0.15, 0.2) is 5.65 Å². The van der Waals surface area contributed by atoms with E-state index >= 15 is 0 Å². The molecule has 0 bridgehead atoms. The summed E-state index contributed by atoms with van der Waals surface area (Å²) in [5, 5.41) is 6.20. The van der Waals surface area contributed by atoms with Crippen LogP contribution in [-0.4, -0.2) is 19.2 Å². The first-order valence-electron chi connectivity index (χ1n) is 10.9. The van der Waals surface area contributed by atoms with Gasteiger partial charge in [0.1, 0.15) is 5.65 Å². The highest BCUT2D eigenvalue weighted by atomic mass is 15.3. The van der Waals surface area contributed by atoms with Gasteiger partial charge in [-0.15, -0.1) is 6.58 Å². The van der Waals surface area contributed by atoms with Gasteiger partial charge in [-0.05, 0) is 63.8 Å². The summed E-state index contributed by atoms with van der Waals surface area (Å²) in [6.07, 6.45) is 5.13. The van der Waals surface area contributed by atoms with E-state index in [1.807, 2.05) is 6.08 Å². The minimum atomic E-state index is 0.850. The number of benzene rings is 1. The van der Waals surface area contributed by atoms with E-state index in [4.69, 9.17) is 10.1 Å². The summed E-state index contributed by atoms with van der Waals surface area (Å²) in [4.78, 5) is 5.06. The summed E-state index contributed by atoms with van der Waals surface area (Å²) >= 11 is 0. The molecule has 0 atom stereocenters. The van der Waals surface area contributed by atoms with Crippen molar-refractivity contribution in [3.05, 3.63) is 64.6 Å². The van der Waals surface area contributed by atoms with Crippen molar-refractivity contribution in [3.8, 4) is 11.1 Å². The van der Waals surface area contributed by atoms with Crippen LogP contribution in [0.1, 0.15) is 53.5 Å². The highest BCUT2D eigenvalue weighted by Gasteiger charge is 2.22. The highest BCUT2D eigenvalue weighted by molar-refractivity contribution is 5.90. The monoisotopic (exact) mass is 400 g/mol. The Balaban J connectivity index is 2.10. The third kappa shape index (κ3) is 3.15. The Bertz CT molecular complexity index is 1250. The van der Waals surface area contributed by atoms with Gasteiger partial charge in [-0.2, -0.15) is 9.61 Å². The summed E-state index contributed by atoms with van der Waals surface area (Å²) in [5.74, 6) is 0. The van der Waals surface area contributed by atoms with Crippen LogP contribution in [0.3, 0.4) is 0 Å². The molecule has 3 aromatic heterocycles. The smallest absolute Gasteiger partial charge is 0.165 e. The van der Waals surface area contributed by atoms with Gasteiger partial charge in [-0.3, -0.25) is 0 Å². The third-order valence-corrected chi connectivity index (χ3v) is 6.07. The molecular weight excluding hydrogens is 368 g/mol. The molecule has 0 unspecified atom stereocenters. The van der Waals surface area contributed by atoms with Gasteiger partial charge < -0.3 is 4.57 Å².